The van der Waals surface area contributed by atoms with Gasteiger partial charge in [0.15, 0.2) is 0 Å². The molecule has 0 spiro atoms. The zero-order valence-electron chi connectivity index (χ0n) is 22.8. The van der Waals surface area contributed by atoms with E-state index in [0.29, 0.717) is 39.8 Å². The average molecular weight is 650 g/mol. The summed E-state index contributed by atoms with van der Waals surface area (Å²) in [5.74, 6) is -0.0209. The lowest BCUT2D eigenvalue weighted by Crippen LogP contribution is -2.45. The number of benzene rings is 1. The van der Waals surface area contributed by atoms with Crippen LogP contribution in [0.25, 0.3) is 11.3 Å². The first-order chi connectivity index (χ1) is 20.4. The first-order valence-electron chi connectivity index (χ1n) is 13.3. The Balaban J connectivity index is 1.38. The highest BCUT2D eigenvalue weighted by Gasteiger charge is 2.40. The second-order valence-electron chi connectivity index (χ2n) is 9.99. The van der Waals surface area contributed by atoms with Gasteiger partial charge in [-0.1, -0.05) is 29.8 Å². The van der Waals surface area contributed by atoms with Gasteiger partial charge in [0.2, 0.25) is 5.91 Å². The Labute approximate surface area is 256 Å². The maximum atomic E-state index is 13.3. The van der Waals surface area contributed by atoms with E-state index in [4.69, 9.17) is 11.6 Å². The number of thiophene rings is 1. The third kappa shape index (κ3) is 7.18. The number of hydrogen-bond donors (Lipinski definition) is 2. The number of nitrogens with one attached hydrogen (secondary N) is 2. The minimum atomic E-state index is -4.47. The van der Waals surface area contributed by atoms with Crippen molar-refractivity contribution in [1.82, 2.24) is 19.6 Å². The molecule has 5 rings (SSSR count). The average Bonchev–Trinajstić information content (AvgIpc) is 3.66. The summed E-state index contributed by atoms with van der Waals surface area (Å²) >= 11 is 6.88. The maximum absolute atomic E-state index is 13.3. The number of rotatable bonds is 9. The number of anilines is 1. The molecule has 1 aliphatic heterocycles. The van der Waals surface area contributed by atoms with Crippen molar-refractivity contribution in [2.24, 2.45) is 0 Å². The lowest BCUT2D eigenvalue weighted by atomic mass is 10.1. The SMILES string of the molecule is CC(Nc1cc(CNC(=O)[C@@H]2CCCN2S(=O)(=O)c2ccc(Cl)s2)cc(-c2ccc(C(F)(F)F)cc2)n1)c1ccccn1. The number of alkyl halides is 3. The van der Waals surface area contributed by atoms with E-state index < -0.39 is 33.7 Å². The first-order valence-corrected chi connectivity index (χ1v) is 16.0. The van der Waals surface area contributed by atoms with Gasteiger partial charge in [0.1, 0.15) is 16.1 Å². The molecule has 43 heavy (non-hydrogen) atoms. The lowest BCUT2D eigenvalue weighted by Gasteiger charge is -2.23. The quantitative estimate of drug-likeness (QED) is 0.214. The Morgan fingerprint density at radius 3 is 2.56 bits per heavy atom. The molecule has 14 heteroatoms. The van der Waals surface area contributed by atoms with Crippen molar-refractivity contribution in [2.45, 2.75) is 48.8 Å². The number of halogens is 4. The van der Waals surface area contributed by atoms with E-state index in [1.54, 1.807) is 24.4 Å². The molecule has 1 aliphatic rings. The standard InChI is InChI=1S/C29H27ClF3N5O3S2/c1-18(22-5-2-3-13-34-22)36-26-16-19(15-23(37-26)20-7-9-21(10-8-20)29(31,32)33)17-35-28(39)24-6-4-14-38(24)43(40,41)27-12-11-25(30)42-27/h2-3,5,7-13,15-16,18,24H,4,6,14,17H2,1H3,(H,35,39)(H,36,37)/t18?,24-/m0/s1. The fourth-order valence-corrected chi connectivity index (χ4v) is 8.09. The number of pyridine rings is 2. The number of aromatic nitrogens is 2. The Morgan fingerprint density at radius 2 is 1.91 bits per heavy atom. The van der Waals surface area contributed by atoms with E-state index in [1.165, 1.54) is 28.6 Å². The molecule has 0 bridgehead atoms. The molecule has 0 aliphatic carbocycles. The van der Waals surface area contributed by atoms with Crippen LogP contribution in [0.2, 0.25) is 4.34 Å². The predicted molar refractivity (Wildman–Crippen MR) is 159 cm³/mol. The van der Waals surface area contributed by atoms with Crippen molar-refractivity contribution in [3.8, 4) is 11.3 Å². The largest absolute Gasteiger partial charge is 0.416 e. The van der Waals surface area contributed by atoms with Crippen molar-refractivity contribution < 1.29 is 26.4 Å². The number of carbonyl (C=O) groups is 1. The van der Waals surface area contributed by atoms with Crippen molar-refractivity contribution in [3.63, 3.8) is 0 Å². The Morgan fingerprint density at radius 1 is 1.14 bits per heavy atom. The number of sulfonamides is 1. The van der Waals surface area contributed by atoms with Gasteiger partial charge in [0.25, 0.3) is 10.0 Å². The van der Waals surface area contributed by atoms with Crippen LogP contribution in [0.3, 0.4) is 0 Å². The summed E-state index contributed by atoms with van der Waals surface area (Å²) < 4.78 is 67.4. The van der Waals surface area contributed by atoms with Gasteiger partial charge in [-0.05, 0) is 73.9 Å². The number of carbonyl (C=O) groups excluding carboxylic acids is 1. The number of amides is 1. The van der Waals surface area contributed by atoms with Crippen molar-refractivity contribution in [3.05, 3.63) is 94.1 Å². The van der Waals surface area contributed by atoms with Crippen LogP contribution in [-0.4, -0.2) is 41.2 Å². The van der Waals surface area contributed by atoms with Crippen LogP contribution in [0.4, 0.5) is 19.0 Å². The molecule has 3 aromatic heterocycles. The van der Waals surface area contributed by atoms with Gasteiger partial charge in [-0.3, -0.25) is 9.78 Å². The molecule has 2 N–H and O–H groups in total. The summed E-state index contributed by atoms with van der Waals surface area (Å²) in [6.07, 6.45) is -1.91. The molecule has 2 atom stereocenters. The molecule has 1 fully saturated rings. The van der Waals surface area contributed by atoms with Crippen LogP contribution in [0.5, 0.6) is 0 Å². The summed E-state index contributed by atoms with van der Waals surface area (Å²) in [5, 5.41) is 6.11. The Hall–Kier alpha value is -3.52. The molecule has 1 saturated heterocycles. The van der Waals surface area contributed by atoms with Gasteiger partial charge in [-0.15, -0.1) is 11.3 Å². The first kappa shape index (κ1) is 30.9. The normalized spacial score (nSPS) is 16.6. The van der Waals surface area contributed by atoms with Crippen LogP contribution >= 0.6 is 22.9 Å². The van der Waals surface area contributed by atoms with Crippen LogP contribution in [0.1, 0.15) is 42.6 Å². The van der Waals surface area contributed by atoms with Gasteiger partial charge in [-0.2, -0.15) is 17.5 Å². The van der Waals surface area contributed by atoms with E-state index in [1.807, 2.05) is 19.1 Å². The second kappa shape index (κ2) is 12.6. The molecule has 1 unspecified atom stereocenters. The number of nitrogens with zero attached hydrogens (tertiary/aromatic N) is 3. The van der Waals surface area contributed by atoms with Crippen LogP contribution in [0, 0.1) is 0 Å². The fraction of sp³-hybridized carbons (Fsp3) is 0.276. The van der Waals surface area contributed by atoms with E-state index in [2.05, 4.69) is 20.6 Å². The fourth-order valence-electron chi connectivity index (χ4n) is 4.82. The number of hydrogen-bond acceptors (Lipinski definition) is 7. The molecule has 4 aromatic rings. The zero-order valence-corrected chi connectivity index (χ0v) is 25.2. The molecule has 0 saturated carbocycles. The third-order valence-corrected chi connectivity index (χ3v) is 10.6. The summed E-state index contributed by atoms with van der Waals surface area (Å²) in [4.78, 5) is 22.2. The minimum absolute atomic E-state index is 0.0385. The highest BCUT2D eigenvalue weighted by atomic mass is 35.5. The van der Waals surface area contributed by atoms with Crippen molar-refractivity contribution in [2.75, 3.05) is 11.9 Å². The molecular weight excluding hydrogens is 623 g/mol. The molecule has 4 heterocycles. The lowest BCUT2D eigenvalue weighted by molar-refractivity contribution is -0.137. The summed E-state index contributed by atoms with van der Waals surface area (Å²) in [7, 11) is -3.90. The van der Waals surface area contributed by atoms with Crippen LogP contribution in [-0.2, 0) is 27.5 Å². The molecular formula is C29H27ClF3N5O3S2. The Bertz CT molecular complexity index is 1700. The van der Waals surface area contributed by atoms with E-state index in [0.717, 1.165) is 29.2 Å². The predicted octanol–water partition coefficient (Wildman–Crippen LogP) is 6.52. The zero-order chi connectivity index (χ0) is 30.8. The maximum Gasteiger partial charge on any atom is 0.416 e. The van der Waals surface area contributed by atoms with Gasteiger partial charge in [0, 0.05) is 24.8 Å². The molecule has 0 radical (unpaired) electrons. The van der Waals surface area contributed by atoms with Gasteiger partial charge < -0.3 is 10.6 Å². The molecule has 8 nitrogen and oxygen atoms in total. The summed E-state index contributed by atoms with van der Waals surface area (Å²) in [6, 6.07) is 15.4. The highest BCUT2D eigenvalue weighted by molar-refractivity contribution is 7.91. The summed E-state index contributed by atoms with van der Waals surface area (Å²) in [5.41, 5.74) is 1.45. The third-order valence-electron chi connectivity index (χ3n) is 6.97. The van der Waals surface area contributed by atoms with Crippen LogP contribution in [0.15, 0.2) is 77.1 Å². The summed E-state index contributed by atoms with van der Waals surface area (Å²) in [6.45, 7) is 2.14. The van der Waals surface area contributed by atoms with Crippen molar-refractivity contribution >= 4 is 44.7 Å². The van der Waals surface area contributed by atoms with E-state index >= 15 is 0 Å². The van der Waals surface area contributed by atoms with Gasteiger partial charge in [-0.25, -0.2) is 13.4 Å². The monoisotopic (exact) mass is 649 g/mol. The molecule has 226 valence electrons. The highest BCUT2D eigenvalue weighted by Crippen LogP contribution is 2.33. The minimum Gasteiger partial charge on any atom is -0.362 e. The second-order valence-corrected chi connectivity index (χ2v) is 13.8. The molecule has 1 amide bonds. The van der Waals surface area contributed by atoms with E-state index in [-0.39, 0.29) is 23.3 Å². The van der Waals surface area contributed by atoms with Crippen LogP contribution < -0.4 is 10.6 Å². The van der Waals surface area contributed by atoms with Gasteiger partial charge in [0.05, 0.1) is 27.3 Å². The van der Waals surface area contributed by atoms with E-state index in [9.17, 15) is 26.4 Å². The van der Waals surface area contributed by atoms with Gasteiger partial charge >= 0.3 is 6.18 Å². The molecule has 1 aromatic carbocycles. The van der Waals surface area contributed by atoms with Crippen molar-refractivity contribution in [1.29, 1.82) is 0 Å². The Kier molecular flexibility index (Phi) is 9.07. The topological polar surface area (TPSA) is 104 Å². The smallest absolute Gasteiger partial charge is 0.362 e.